The Morgan fingerprint density at radius 3 is 2.78 bits per heavy atom. The summed E-state index contributed by atoms with van der Waals surface area (Å²) in [5.74, 6) is -0.728. The van der Waals surface area contributed by atoms with Crippen molar-refractivity contribution in [1.29, 1.82) is 0 Å². The van der Waals surface area contributed by atoms with Gasteiger partial charge in [-0.05, 0) is 12.7 Å². The molecule has 0 spiro atoms. The number of halogens is 1. The Kier molecular flexibility index (Phi) is 5.28. The molecule has 1 unspecified atom stereocenters. The van der Waals surface area contributed by atoms with Gasteiger partial charge in [-0.3, -0.25) is 4.79 Å². The highest BCUT2D eigenvalue weighted by Gasteiger charge is 2.03. The highest BCUT2D eigenvalue weighted by Crippen LogP contribution is 2.18. The number of aliphatic carboxylic acids is 1. The first-order valence-electron chi connectivity index (χ1n) is 2.55. The SMILES string of the molecule is CSC(Br)CCC(=O)O. The van der Waals surface area contributed by atoms with Gasteiger partial charge in [-0.2, -0.15) is 11.8 Å². The minimum absolute atomic E-state index is 0.247. The lowest BCUT2D eigenvalue weighted by Gasteiger charge is -2.01. The molecule has 0 aliphatic carbocycles. The standard InChI is InChI=1S/C5H9BrO2S/c1-9-4(6)2-3-5(7)8/h4H,2-3H2,1H3,(H,7,8). The van der Waals surface area contributed by atoms with Crippen molar-refractivity contribution in [3.05, 3.63) is 0 Å². The van der Waals surface area contributed by atoms with E-state index in [9.17, 15) is 4.79 Å². The molecule has 1 N–H and O–H groups in total. The zero-order chi connectivity index (χ0) is 7.28. The number of hydrogen-bond acceptors (Lipinski definition) is 2. The molecule has 2 nitrogen and oxygen atoms in total. The third kappa shape index (κ3) is 6.18. The first-order valence-corrected chi connectivity index (χ1v) is 4.76. The molecular weight excluding hydrogens is 204 g/mol. The lowest BCUT2D eigenvalue weighted by Crippen LogP contribution is -1.98. The van der Waals surface area contributed by atoms with Gasteiger partial charge in [0.05, 0.1) is 4.16 Å². The van der Waals surface area contributed by atoms with E-state index in [0.29, 0.717) is 6.42 Å². The average Bonchev–Trinajstić information content (AvgIpc) is 1.83. The van der Waals surface area contributed by atoms with Crippen LogP contribution in [-0.2, 0) is 4.79 Å². The van der Waals surface area contributed by atoms with Crippen molar-refractivity contribution in [3.63, 3.8) is 0 Å². The van der Waals surface area contributed by atoms with Gasteiger partial charge in [0.25, 0.3) is 0 Å². The maximum atomic E-state index is 9.99. The average molecular weight is 213 g/mol. The fourth-order valence-electron chi connectivity index (χ4n) is 0.355. The van der Waals surface area contributed by atoms with Crippen molar-refractivity contribution in [2.75, 3.05) is 6.26 Å². The molecule has 0 aromatic rings. The van der Waals surface area contributed by atoms with Crippen molar-refractivity contribution < 1.29 is 9.90 Å². The Bertz CT molecular complexity index is 97.0. The zero-order valence-electron chi connectivity index (χ0n) is 5.13. The minimum atomic E-state index is -0.728. The van der Waals surface area contributed by atoms with E-state index >= 15 is 0 Å². The maximum absolute atomic E-state index is 9.99. The topological polar surface area (TPSA) is 37.3 Å². The lowest BCUT2D eigenvalue weighted by molar-refractivity contribution is -0.137. The largest absolute Gasteiger partial charge is 0.481 e. The van der Waals surface area contributed by atoms with Crippen LogP contribution in [0.15, 0.2) is 0 Å². The summed E-state index contributed by atoms with van der Waals surface area (Å²) < 4.78 is 0.286. The second-order valence-electron chi connectivity index (χ2n) is 1.58. The Morgan fingerprint density at radius 1 is 1.89 bits per heavy atom. The van der Waals surface area contributed by atoms with Crippen LogP contribution in [0.2, 0.25) is 0 Å². The van der Waals surface area contributed by atoms with Gasteiger partial charge in [0.2, 0.25) is 0 Å². The number of carbonyl (C=O) groups is 1. The Balaban J connectivity index is 3.16. The summed E-state index contributed by atoms with van der Waals surface area (Å²) in [6.45, 7) is 0. The number of hydrogen-bond donors (Lipinski definition) is 1. The van der Waals surface area contributed by atoms with E-state index < -0.39 is 5.97 Å². The number of rotatable bonds is 4. The molecule has 54 valence electrons. The Hall–Kier alpha value is 0.300. The van der Waals surface area contributed by atoms with Gasteiger partial charge in [-0.25, -0.2) is 0 Å². The molecule has 0 rings (SSSR count). The van der Waals surface area contributed by atoms with E-state index in [-0.39, 0.29) is 10.6 Å². The molecule has 0 heterocycles. The number of thioether (sulfide) groups is 1. The maximum Gasteiger partial charge on any atom is 0.303 e. The quantitative estimate of drug-likeness (QED) is 0.725. The molecule has 9 heavy (non-hydrogen) atoms. The van der Waals surface area contributed by atoms with E-state index in [4.69, 9.17) is 5.11 Å². The molecule has 0 amide bonds. The molecule has 0 aliphatic heterocycles. The fourth-order valence-corrected chi connectivity index (χ4v) is 0.937. The molecule has 0 saturated heterocycles. The van der Waals surface area contributed by atoms with Crippen LogP contribution in [0.25, 0.3) is 0 Å². The summed E-state index contributed by atoms with van der Waals surface area (Å²) >= 11 is 4.92. The summed E-state index contributed by atoms with van der Waals surface area (Å²) in [5.41, 5.74) is 0. The molecular formula is C5H9BrO2S. The predicted octanol–water partition coefficient (Wildman–Crippen LogP) is 1.94. The highest BCUT2D eigenvalue weighted by molar-refractivity contribution is 9.11. The first kappa shape index (κ1) is 9.30. The molecule has 0 bridgehead atoms. The van der Waals surface area contributed by atoms with E-state index in [1.807, 2.05) is 6.26 Å². The fraction of sp³-hybridized carbons (Fsp3) is 0.800. The van der Waals surface area contributed by atoms with Crippen LogP contribution in [-0.4, -0.2) is 21.5 Å². The second kappa shape index (κ2) is 5.11. The van der Waals surface area contributed by atoms with Crippen molar-refractivity contribution in [3.8, 4) is 0 Å². The zero-order valence-corrected chi connectivity index (χ0v) is 7.54. The van der Waals surface area contributed by atoms with Crippen LogP contribution < -0.4 is 0 Å². The van der Waals surface area contributed by atoms with Crippen LogP contribution in [0.3, 0.4) is 0 Å². The van der Waals surface area contributed by atoms with Crippen LogP contribution >= 0.6 is 27.7 Å². The third-order valence-corrected chi connectivity index (χ3v) is 3.17. The van der Waals surface area contributed by atoms with Gasteiger partial charge in [0.15, 0.2) is 0 Å². The van der Waals surface area contributed by atoms with Crippen molar-refractivity contribution in [2.24, 2.45) is 0 Å². The minimum Gasteiger partial charge on any atom is -0.481 e. The van der Waals surface area contributed by atoms with Gasteiger partial charge in [-0.15, -0.1) is 0 Å². The summed E-state index contributed by atoms with van der Waals surface area (Å²) in [5, 5.41) is 8.23. The predicted molar refractivity (Wildman–Crippen MR) is 43.1 cm³/mol. The molecule has 4 heteroatoms. The van der Waals surface area contributed by atoms with Gasteiger partial charge in [0, 0.05) is 6.42 Å². The summed E-state index contributed by atoms with van der Waals surface area (Å²) in [6.07, 6.45) is 2.88. The Labute approximate surface area is 67.1 Å². The second-order valence-corrected chi connectivity index (χ2v) is 4.33. The van der Waals surface area contributed by atoms with Crippen LogP contribution in [0.1, 0.15) is 12.8 Å². The number of alkyl halides is 1. The van der Waals surface area contributed by atoms with Gasteiger partial charge in [-0.1, -0.05) is 15.9 Å². The van der Waals surface area contributed by atoms with Gasteiger partial charge < -0.3 is 5.11 Å². The number of carboxylic acids is 1. The highest BCUT2D eigenvalue weighted by atomic mass is 79.9. The molecule has 1 atom stereocenters. The summed E-state index contributed by atoms with van der Waals surface area (Å²) in [7, 11) is 0. The van der Waals surface area contributed by atoms with Crippen LogP contribution in [0.5, 0.6) is 0 Å². The summed E-state index contributed by atoms with van der Waals surface area (Å²) in [4.78, 5) is 9.99. The van der Waals surface area contributed by atoms with Crippen molar-refractivity contribution in [1.82, 2.24) is 0 Å². The molecule has 0 radical (unpaired) electrons. The van der Waals surface area contributed by atoms with Crippen molar-refractivity contribution in [2.45, 2.75) is 17.0 Å². The monoisotopic (exact) mass is 212 g/mol. The van der Waals surface area contributed by atoms with Crippen molar-refractivity contribution >= 4 is 33.7 Å². The normalized spacial score (nSPS) is 13.1. The molecule has 0 aromatic heterocycles. The van der Waals surface area contributed by atoms with Gasteiger partial charge in [0.1, 0.15) is 0 Å². The third-order valence-electron chi connectivity index (χ3n) is 0.841. The van der Waals surface area contributed by atoms with E-state index in [1.165, 1.54) is 0 Å². The first-order chi connectivity index (χ1) is 4.16. The van der Waals surface area contributed by atoms with E-state index in [0.717, 1.165) is 0 Å². The smallest absolute Gasteiger partial charge is 0.303 e. The van der Waals surface area contributed by atoms with Crippen LogP contribution in [0, 0.1) is 0 Å². The van der Waals surface area contributed by atoms with E-state index in [2.05, 4.69) is 15.9 Å². The van der Waals surface area contributed by atoms with Crippen LogP contribution in [0.4, 0.5) is 0 Å². The number of carboxylic acid groups (broad SMARTS) is 1. The lowest BCUT2D eigenvalue weighted by atomic mass is 10.3. The Morgan fingerprint density at radius 2 is 2.44 bits per heavy atom. The molecule has 0 saturated carbocycles. The molecule has 0 aliphatic rings. The molecule has 0 fully saturated rings. The van der Waals surface area contributed by atoms with E-state index in [1.54, 1.807) is 11.8 Å². The summed E-state index contributed by atoms with van der Waals surface area (Å²) in [6, 6.07) is 0. The van der Waals surface area contributed by atoms with Gasteiger partial charge >= 0.3 is 5.97 Å². The molecule has 0 aromatic carbocycles.